The fraction of sp³-hybridized carbons (Fsp3) is 0.389. The van der Waals surface area contributed by atoms with Crippen molar-refractivity contribution in [1.29, 1.82) is 0 Å². The first-order valence-electron chi connectivity index (χ1n) is 8.47. The standard InChI is InChI=1S/C18H20N4O3S/c1-12-19-15(9-26-12)13-4-3-5-14(8-13)20-16(23)22-7-6-18(11-22)10-21(2)17(24)25-18/h3-5,8-9H,6-7,10-11H2,1-2H3,(H,20,23). The third-order valence-electron chi connectivity index (χ3n) is 4.77. The average molecular weight is 372 g/mol. The Morgan fingerprint density at radius 3 is 2.92 bits per heavy atom. The van der Waals surface area contributed by atoms with Crippen LogP contribution in [0, 0.1) is 6.92 Å². The maximum Gasteiger partial charge on any atom is 0.410 e. The molecule has 1 spiro atoms. The highest BCUT2D eigenvalue weighted by atomic mass is 32.1. The van der Waals surface area contributed by atoms with Gasteiger partial charge in [-0.25, -0.2) is 14.6 Å². The second-order valence-corrected chi connectivity index (χ2v) is 7.90. The fourth-order valence-electron chi connectivity index (χ4n) is 3.48. The minimum atomic E-state index is -0.566. The Morgan fingerprint density at radius 1 is 1.38 bits per heavy atom. The van der Waals surface area contributed by atoms with Crippen molar-refractivity contribution in [2.45, 2.75) is 18.9 Å². The summed E-state index contributed by atoms with van der Waals surface area (Å²) >= 11 is 1.60. The van der Waals surface area contributed by atoms with E-state index in [1.165, 1.54) is 0 Å². The molecule has 0 aliphatic carbocycles. The van der Waals surface area contributed by atoms with Crippen molar-refractivity contribution in [3.05, 3.63) is 34.7 Å². The van der Waals surface area contributed by atoms with E-state index in [9.17, 15) is 9.59 Å². The molecule has 0 radical (unpaired) electrons. The molecule has 2 aliphatic rings. The van der Waals surface area contributed by atoms with Crippen LogP contribution in [-0.2, 0) is 4.74 Å². The quantitative estimate of drug-likeness (QED) is 0.879. The molecule has 3 heterocycles. The summed E-state index contributed by atoms with van der Waals surface area (Å²) in [5, 5.41) is 5.95. The van der Waals surface area contributed by atoms with Crippen LogP contribution in [0.15, 0.2) is 29.6 Å². The van der Waals surface area contributed by atoms with Crippen LogP contribution in [0.1, 0.15) is 11.4 Å². The molecule has 1 aromatic heterocycles. The summed E-state index contributed by atoms with van der Waals surface area (Å²) in [6, 6.07) is 7.47. The minimum absolute atomic E-state index is 0.181. The summed E-state index contributed by atoms with van der Waals surface area (Å²) in [5.74, 6) is 0. The van der Waals surface area contributed by atoms with E-state index in [4.69, 9.17) is 4.74 Å². The molecule has 2 saturated heterocycles. The van der Waals surface area contributed by atoms with Gasteiger partial charge in [-0.15, -0.1) is 11.3 Å². The van der Waals surface area contributed by atoms with E-state index in [0.717, 1.165) is 22.0 Å². The Hall–Kier alpha value is -2.61. The molecule has 8 heteroatoms. The topological polar surface area (TPSA) is 74.8 Å². The second-order valence-electron chi connectivity index (χ2n) is 6.84. The number of benzene rings is 1. The zero-order chi connectivity index (χ0) is 18.3. The number of likely N-dealkylation sites (N-methyl/N-ethyl adjacent to an activating group) is 1. The Bertz CT molecular complexity index is 868. The first-order chi connectivity index (χ1) is 12.4. The Morgan fingerprint density at radius 2 is 2.23 bits per heavy atom. The van der Waals surface area contributed by atoms with Crippen molar-refractivity contribution < 1.29 is 14.3 Å². The Kier molecular flexibility index (Phi) is 4.07. The van der Waals surface area contributed by atoms with Gasteiger partial charge in [-0.2, -0.15) is 0 Å². The number of rotatable bonds is 2. The number of aromatic nitrogens is 1. The predicted molar refractivity (Wildman–Crippen MR) is 99.3 cm³/mol. The van der Waals surface area contributed by atoms with Gasteiger partial charge in [-0.05, 0) is 19.1 Å². The Balaban J connectivity index is 1.44. The van der Waals surface area contributed by atoms with Gasteiger partial charge in [0.05, 0.1) is 23.8 Å². The SMILES string of the molecule is Cc1nc(-c2cccc(NC(=O)N3CCC4(CN(C)C(=O)O4)C3)c2)cs1. The van der Waals surface area contributed by atoms with Crippen LogP contribution in [0.2, 0.25) is 0 Å². The molecule has 1 unspecified atom stereocenters. The lowest BCUT2D eigenvalue weighted by Gasteiger charge is -2.22. The van der Waals surface area contributed by atoms with Crippen LogP contribution in [0.3, 0.4) is 0 Å². The first-order valence-corrected chi connectivity index (χ1v) is 9.35. The number of thiazole rings is 1. The third-order valence-corrected chi connectivity index (χ3v) is 5.55. The highest BCUT2D eigenvalue weighted by molar-refractivity contribution is 7.09. The number of amides is 3. The number of nitrogens with one attached hydrogen (secondary N) is 1. The zero-order valence-electron chi connectivity index (χ0n) is 14.7. The molecule has 2 aliphatic heterocycles. The van der Waals surface area contributed by atoms with Gasteiger partial charge in [0.15, 0.2) is 5.60 Å². The molecular weight excluding hydrogens is 352 g/mol. The third kappa shape index (κ3) is 3.12. The molecule has 26 heavy (non-hydrogen) atoms. The number of ether oxygens (including phenoxy) is 1. The Labute approximate surface area is 155 Å². The number of urea groups is 1. The van der Waals surface area contributed by atoms with E-state index in [2.05, 4.69) is 10.3 Å². The molecule has 0 saturated carbocycles. The monoisotopic (exact) mass is 372 g/mol. The number of carbonyl (C=O) groups is 2. The molecule has 2 aromatic rings. The molecule has 1 aromatic carbocycles. The van der Waals surface area contributed by atoms with Gasteiger partial charge in [0.25, 0.3) is 0 Å². The fourth-order valence-corrected chi connectivity index (χ4v) is 4.10. The van der Waals surface area contributed by atoms with Gasteiger partial charge in [-0.3, -0.25) is 0 Å². The van der Waals surface area contributed by atoms with E-state index in [1.807, 2.05) is 36.6 Å². The summed E-state index contributed by atoms with van der Waals surface area (Å²) in [7, 11) is 1.71. The largest absolute Gasteiger partial charge is 0.439 e. The van der Waals surface area contributed by atoms with Crippen molar-refractivity contribution >= 4 is 29.1 Å². The van der Waals surface area contributed by atoms with Gasteiger partial charge >= 0.3 is 12.1 Å². The summed E-state index contributed by atoms with van der Waals surface area (Å²) in [6.45, 7) is 3.47. The summed E-state index contributed by atoms with van der Waals surface area (Å²) in [5.41, 5.74) is 2.03. The number of nitrogens with zero attached hydrogens (tertiary/aromatic N) is 3. The van der Waals surface area contributed by atoms with Crippen LogP contribution in [0.5, 0.6) is 0 Å². The smallest absolute Gasteiger partial charge is 0.410 e. The van der Waals surface area contributed by atoms with E-state index in [0.29, 0.717) is 26.1 Å². The van der Waals surface area contributed by atoms with Crippen molar-refractivity contribution in [2.75, 3.05) is 32.0 Å². The molecule has 3 amide bonds. The lowest BCUT2D eigenvalue weighted by Crippen LogP contribution is -2.40. The number of hydrogen-bond donors (Lipinski definition) is 1. The van der Waals surface area contributed by atoms with Gasteiger partial charge in [-0.1, -0.05) is 12.1 Å². The predicted octanol–water partition coefficient (Wildman–Crippen LogP) is 3.18. The van der Waals surface area contributed by atoms with E-state index >= 15 is 0 Å². The van der Waals surface area contributed by atoms with Crippen LogP contribution >= 0.6 is 11.3 Å². The molecule has 136 valence electrons. The average Bonchev–Trinajstić information content (AvgIpc) is 3.28. The number of carbonyl (C=O) groups excluding carboxylic acids is 2. The van der Waals surface area contributed by atoms with E-state index in [-0.39, 0.29) is 12.1 Å². The summed E-state index contributed by atoms with van der Waals surface area (Å²) in [6.07, 6.45) is 0.341. The van der Waals surface area contributed by atoms with Crippen LogP contribution in [-0.4, -0.2) is 59.2 Å². The van der Waals surface area contributed by atoms with Crippen LogP contribution < -0.4 is 5.32 Å². The van der Waals surface area contributed by atoms with Gasteiger partial charge < -0.3 is 19.9 Å². The van der Waals surface area contributed by atoms with Crippen molar-refractivity contribution in [3.8, 4) is 11.3 Å². The van der Waals surface area contributed by atoms with Gasteiger partial charge in [0.1, 0.15) is 0 Å². The normalized spacial score (nSPS) is 22.2. The molecule has 0 bridgehead atoms. The summed E-state index contributed by atoms with van der Waals surface area (Å²) < 4.78 is 5.49. The highest BCUT2D eigenvalue weighted by Gasteiger charge is 2.49. The van der Waals surface area contributed by atoms with E-state index < -0.39 is 5.60 Å². The van der Waals surface area contributed by atoms with Crippen molar-refractivity contribution in [2.24, 2.45) is 0 Å². The molecule has 1 atom stereocenters. The van der Waals surface area contributed by atoms with Crippen LogP contribution in [0.4, 0.5) is 15.3 Å². The first kappa shape index (κ1) is 16.8. The highest BCUT2D eigenvalue weighted by Crippen LogP contribution is 2.32. The molecule has 1 N–H and O–H groups in total. The van der Waals surface area contributed by atoms with Crippen LogP contribution in [0.25, 0.3) is 11.3 Å². The molecule has 2 fully saturated rings. The lowest BCUT2D eigenvalue weighted by molar-refractivity contribution is 0.0663. The maximum absolute atomic E-state index is 12.6. The number of hydrogen-bond acceptors (Lipinski definition) is 5. The minimum Gasteiger partial charge on any atom is -0.439 e. The van der Waals surface area contributed by atoms with Crippen molar-refractivity contribution in [3.63, 3.8) is 0 Å². The van der Waals surface area contributed by atoms with E-state index in [1.54, 1.807) is 28.2 Å². The zero-order valence-corrected chi connectivity index (χ0v) is 15.5. The molecule has 7 nitrogen and oxygen atoms in total. The lowest BCUT2D eigenvalue weighted by atomic mass is 10.0. The summed E-state index contributed by atoms with van der Waals surface area (Å²) in [4.78, 5) is 32.0. The van der Waals surface area contributed by atoms with Gasteiger partial charge in [0, 0.05) is 36.6 Å². The number of anilines is 1. The van der Waals surface area contributed by atoms with Crippen molar-refractivity contribution in [1.82, 2.24) is 14.8 Å². The molecular formula is C18H20N4O3S. The number of aryl methyl sites for hydroxylation is 1. The molecule has 4 rings (SSSR count). The number of likely N-dealkylation sites (tertiary alicyclic amines) is 1. The van der Waals surface area contributed by atoms with Gasteiger partial charge in [0.2, 0.25) is 0 Å². The maximum atomic E-state index is 12.6. The second kappa shape index (κ2) is 6.28.